The average Bonchev–Trinajstić information content (AvgIpc) is 3.37. The normalized spacial score (nSPS) is 19.6. The highest BCUT2D eigenvalue weighted by Crippen LogP contribution is 2.36. The molecule has 1 N–H and O–H groups in total. The lowest BCUT2D eigenvalue weighted by Crippen LogP contribution is -2.32. The molecular formula is C20H21N3O3S2. The molecule has 3 aromatic heterocycles. The lowest BCUT2D eigenvalue weighted by molar-refractivity contribution is -0.120. The second kappa shape index (κ2) is 7.40. The van der Waals surface area contributed by atoms with Gasteiger partial charge in [0.15, 0.2) is 5.16 Å². The van der Waals surface area contributed by atoms with Crippen molar-refractivity contribution in [2.24, 2.45) is 0 Å². The molecule has 1 aliphatic carbocycles. The minimum atomic E-state index is -0.221. The standard InChI is InChI=1S/C20H21N3O3S2/c24-17-15(7-1-2-9-21-17)28-20-22-18-16(13-6-3-8-14(13)27-18)19(25)23(20)11-12-5-4-10-26-12/h4-5,10,15H,1-3,6-9,11H2,(H,21,24)/t15-/m1/s1. The molecule has 8 heteroatoms. The van der Waals surface area contributed by atoms with Crippen molar-refractivity contribution >= 4 is 39.2 Å². The Morgan fingerprint density at radius 1 is 1.29 bits per heavy atom. The molecule has 1 saturated heterocycles. The Balaban J connectivity index is 1.61. The molecule has 4 heterocycles. The van der Waals surface area contributed by atoms with E-state index in [2.05, 4.69) is 5.32 Å². The van der Waals surface area contributed by atoms with Crippen molar-refractivity contribution in [1.29, 1.82) is 0 Å². The molecular weight excluding hydrogens is 394 g/mol. The van der Waals surface area contributed by atoms with E-state index in [1.54, 1.807) is 22.2 Å². The van der Waals surface area contributed by atoms with Crippen LogP contribution in [0.2, 0.25) is 0 Å². The number of amides is 1. The molecule has 0 radical (unpaired) electrons. The molecule has 0 saturated carbocycles. The van der Waals surface area contributed by atoms with E-state index < -0.39 is 0 Å². The number of nitrogens with one attached hydrogen (secondary N) is 1. The average molecular weight is 416 g/mol. The predicted octanol–water partition coefficient (Wildman–Crippen LogP) is 3.35. The Hall–Kier alpha value is -2.06. The predicted molar refractivity (Wildman–Crippen MR) is 110 cm³/mol. The van der Waals surface area contributed by atoms with E-state index in [9.17, 15) is 9.59 Å². The first-order chi connectivity index (χ1) is 13.7. The molecule has 28 heavy (non-hydrogen) atoms. The molecule has 0 unspecified atom stereocenters. The zero-order valence-corrected chi connectivity index (χ0v) is 17.0. The van der Waals surface area contributed by atoms with Gasteiger partial charge in [0.25, 0.3) is 5.56 Å². The summed E-state index contributed by atoms with van der Waals surface area (Å²) in [5.41, 5.74) is 1.16. The molecule has 0 spiro atoms. The second-order valence-corrected chi connectivity index (χ2v) is 9.55. The van der Waals surface area contributed by atoms with Crippen LogP contribution in [0.1, 0.15) is 41.9 Å². The number of aromatic nitrogens is 2. The van der Waals surface area contributed by atoms with E-state index in [4.69, 9.17) is 9.40 Å². The highest BCUT2D eigenvalue weighted by Gasteiger charge is 2.27. The zero-order valence-electron chi connectivity index (χ0n) is 15.4. The van der Waals surface area contributed by atoms with Crippen LogP contribution < -0.4 is 10.9 Å². The summed E-state index contributed by atoms with van der Waals surface area (Å²) in [6.45, 7) is 1.05. The highest BCUT2D eigenvalue weighted by molar-refractivity contribution is 8.00. The first kappa shape index (κ1) is 18.0. The Morgan fingerprint density at radius 3 is 3.07 bits per heavy atom. The van der Waals surface area contributed by atoms with Crippen LogP contribution in [0.4, 0.5) is 0 Å². The summed E-state index contributed by atoms with van der Waals surface area (Å²) in [7, 11) is 0. The number of rotatable bonds is 4. The number of aryl methyl sites for hydroxylation is 2. The number of nitrogens with zero attached hydrogens (tertiary/aromatic N) is 2. The number of fused-ring (bicyclic) bond motifs is 3. The summed E-state index contributed by atoms with van der Waals surface area (Å²) in [5, 5.41) is 4.12. The van der Waals surface area contributed by atoms with Gasteiger partial charge in [0.05, 0.1) is 23.4 Å². The summed E-state index contributed by atoms with van der Waals surface area (Å²) < 4.78 is 7.18. The topological polar surface area (TPSA) is 77.1 Å². The minimum absolute atomic E-state index is 0.0164. The minimum Gasteiger partial charge on any atom is -0.467 e. The van der Waals surface area contributed by atoms with E-state index >= 15 is 0 Å². The Morgan fingerprint density at radius 2 is 2.21 bits per heavy atom. The number of thioether (sulfide) groups is 1. The number of hydrogen-bond acceptors (Lipinski definition) is 6. The van der Waals surface area contributed by atoms with Crippen molar-refractivity contribution in [1.82, 2.24) is 14.9 Å². The Bertz CT molecular complexity index is 1080. The molecule has 1 aliphatic heterocycles. The van der Waals surface area contributed by atoms with Crippen LogP contribution in [-0.4, -0.2) is 27.3 Å². The van der Waals surface area contributed by atoms with Gasteiger partial charge in [-0.05, 0) is 49.8 Å². The fraction of sp³-hybridized carbons (Fsp3) is 0.450. The molecule has 6 nitrogen and oxygen atoms in total. The van der Waals surface area contributed by atoms with Gasteiger partial charge in [-0.1, -0.05) is 18.2 Å². The van der Waals surface area contributed by atoms with E-state index in [-0.39, 0.29) is 16.7 Å². The lowest BCUT2D eigenvalue weighted by Gasteiger charge is -2.16. The molecule has 5 rings (SSSR count). The number of hydrogen-bond donors (Lipinski definition) is 1. The molecule has 2 aliphatic rings. The van der Waals surface area contributed by atoms with Gasteiger partial charge >= 0.3 is 0 Å². The van der Waals surface area contributed by atoms with Gasteiger partial charge in [-0.2, -0.15) is 0 Å². The van der Waals surface area contributed by atoms with E-state index in [1.807, 2.05) is 12.1 Å². The summed E-state index contributed by atoms with van der Waals surface area (Å²) in [6.07, 6.45) is 7.48. The third-order valence-electron chi connectivity index (χ3n) is 5.42. The van der Waals surface area contributed by atoms with E-state index in [0.717, 1.165) is 55.3 Å². The second-order valence-electron chi connectivity index (χ2n) is 7.30. The highest BCUT2D eigenvalue weighted by atomic mass is 32.2. The first-order valence-electron chi connectivity index (χ1n) is 9.72. The van der Waals surface area contributed by atoms with Crippen LogP contribution in [0, 0.1) is 0 Å². The van der Waals surface area contributed by atoms with Crippen LogP contribution in [0.15, 0.2) is 32.8 Å². The summed E-state index contributed by atoms with van der Waals surface area (Å²) >= 11 is 3.05. The van der Waals surface area contributed by atoms with Gasteiger partial charge in [0, 0.05) is 11.4 Å². The number of thiophene rings is 1. The van der Waals surface area contributed by atoms with E-state index in [0.29, 0.717) is 17.5 Å². The number of furan rings is 1. The zero-order chi connectivity index (χ0) is 19.1. The SMILES string of the molecule is O=C1NCCCC[C@H]1Sc1nc2sc3c(c2c(=O)n1Cc1ccco1)CCC3. The molecule has 146 valence electrons. The Labute approximate surface area is 170 Å². The smallest absolute Gasteiger partial charge is 0.263 e. The van der Waals surface area contributed by atoms with Crippen LogP contribution in [0.5, 0.6) is 0 Å². The van der Waals surface area contributed by atoms with Crippen molar-refractivity contribution < 1.29 is 9.21 Å². The molecule has 0 bridgehead atoms. The van der Waals surface area contributed by atoms with Crippen LogP contribution >= 0.6 is 23.1 Å². The van der Waals surface area contributed by atoms with Crippen LogP contribution in [0.3, 0.4) is 0 Å². The lowest BCUT2D eigenvalue weighted by atomic mass is 10.2. The fourth-order valence-corrected chi connectivity index (χ4v) is 6.45. The van der Waals surface area contributed by atoms with Gasteiger partial charge in [-0.15, -0.1) is 11.3 Å². The summed E-state index contributed by atoms with van der Waals surface area (Å²) in [5.74, 6) is 0.748. The van der Waals surface area contributed by atoms with Gasteiger partial charge in [-0.25, -0.2) is 4.98 Å². The Kier molecular flexibility index (Phi) is 4.76. The van der Waals surface area contributed by atoms with Gasteiger partial charge in [-0.3, -0.25) is 14.2 Å². The van der Waals surface area contributed by atoms with Crippen LogP contribution in [0.25, 0.3) is 10.2 Å². The maximum absolute atomic E-state index is 13.5. The van der Waals surface area contributed by atoms with Gasteiger partial charge < -0.3 is 9.73 Å². The summed E-state index contributed by atoms with van der Waals surface area (Å²) in [4.78, 5) is 32.9. The van der Waals surface area contributed by atoms with Crippen molar-refractivity contribution in [2.75, 3.05) is 6.54 Å². The number of carbonyl (C=O) groups is 1. The van der Waals surface area contributed by atoms with Crippen molar-refractivity contribution in [3.05, 3.63) is 45.0 Å². The van der Waals surface area contributed by atoms with Gasteiger partial charge in [0.1, 0.15) is 10.6 Å². The van der Waals surface area contributed by atoms with Crippen molar-refractivity contribution in [3.8, 4) is 0 Å². The molecule has 1 atom stereocenters. The quantitative estimate of drug-likeness (QED) is 0.661. The fourth-order valence-electron chi connectivity index (χ4n) is 4.00. The molecule has 1 fully saturated rings. The first-order valence-corrected chi connectivity index (χ1v) is 11.4. The maximum Gasteiger partial charge on any atom is 0.263 e. The largest absolute Gasteiger partial charge is 0.467 e. The number of carbonyl (C=O) groups excluding carboxylic acids is 1. The van der Waals surface area contributed by atoms with Crippen molar-refractivity contribution in [2.45, 2.75) is 55.5 Å². The van der Waals surface area contributed by atoms with Crippen LogP contribution in [-0.2, 0) is 24.2 Å². The third-order valence-corrected chi connectivity index (χ3v) is 7.86. The molecule has 0 aromatic carbocycles. The molecule has 1 amide bonds. The van der Waals surface area contributed by atoms with E-state index in [1.165, 1.54) is 22.2 Å². The molecule has 3 aromatic rings. The monoisotopic (exact) mass is 415 g/mol. The maximum atomic E-state index is 13.5. The third kappa shape index (κ3) is 3.18. The van der Waals surface area contributed by atoms with Crippen molar-refractivity contribution in [3.63, 3.8) is 0 Å². The van der Waals surface area contributed by atoms with Gasteiger partial charge in [0.2, 0.25) is 5.91 Å². The summed E-state index contributed by atoms with van der Waals surface area (Å²) in [6, 6.07) is 3.68.